The molecule has 6 rings (SSSR count). The van der Waals surface area contributed by atoms with Gasteiger partial charge in [-0.2, -0.15) is 0 Å². The van der Waals surface area contributed by atoms with Crippen LogP contribution in [0.15, 0.2) is 60.7 Å². The lowest BCUT2D eigenvalue weighted by molar-refractivity contribution is -0.147. The van der Waals surface area contributed by atoms with E-state index >= 15 is 0 Å². The van der Waals surface area contributed by atoms with Crippen molar-refractivity contribution >= 4 is 15.9 Å². The van der Waals surface area contributed by atoms with Crippen LogP contribution in [0.5, 0.6) is 0 Å². The minimum Gasteiger partial charge on any atom is -0.371 e. The molecule has 0 radical (unpaired) electrons. The highest BCUT2D eigenvalue weighted by molar-refractivity contribution is 7.90. The van der Waals surface area contributed by atoms with E-state index in [9.17, 15) is 13.2 Å². The molecule has 0 aromatic heterocycles. The Morgan fingerprint density at radius 3 is 2.39 bits per heavy atom. The summed E-state index contributed by atoms with van der Waals surface area (Å²) in [4.78, 5) is 14.7. The second kappa shape index (κ2) is 8.40. The molecule has 1 spiro atoms. The lowest BCUT2D eigenvalue weighted by Gasteiger charge is -2.40. The second-order valence-corrected chi connectivity index (χ2v) is 13.8. The fourth-order valence-corrected chi connectivity index (χ4v) is 10.5. The Morgan fingerprint density at radius 1 is 1.06 bits per heavy atom. The molecule has 2 aromatic carbocycles. The number of carbonyl (C=O) groups excluding carboxylic acids is 1. The van der Waals surface area contributed by atoms with Gasteiger partial charge in [0.05, 0.1) is 29.9 Å². The van der Waals surface area contributed by atoms with Crippen molar-refractivity contribution in [2.24, 2.45) is 22.2 Å². The van der Waals surface area contributed by atoms with Gasteiger partial charge in [-0.25, -0.2) is 12.7 Å². The number of hydrogen-bond donors (Lipinski definition) is 1. The van der Waals surface area contributed by atoms with Crippen LogP contribution in [0.3, 0.4) is 0 Å². The molecule has 2 aliphatic carbocycles. The predicted molar refractivity (Wildman–Crippen MR) is 138 cm³/mol. The van der Waals surface area contributed by atoms with E-state index in [1.54, 1.807) is 0 Å². The number of carbonyl (C=O) groups is 1. The van der Waals surface area contributed by atoms with Crippen LogP contribution in [0.1, 0.15) is 44.2 Å². The van der Waals surface area contributed by atoms with Gasteiger partial charge in [0.15, 0.2) is 0 Å². The van der Waals surface area contributed by atoms with Crippen LogP contribution in [0.2, 0.25) is 0 Å². The van der Waals surface area contributed by atoms with Gasteiger partial charge in [-0.05, 0) is 48.1 Å². The van der Waals surface area contributed by atoms with Crippen molar-refractivity contribution in [3.05, 3.63) is 71.8 Å². The zero-order chi connectivity index (χ0) is 25.2. The first-order chi connectivity index (χ1) is 17.2. The van der Waals surface area contributed by atoms with E-state index in [2.05, 4.69) is 19.2 Å². The highest BCUT2D eigenvalue weighted by atomic mass is 32.2. The van der Waals surface area contributed by atoms with E-state index in [1.165, 1.54) is 4.31 Å². The number of amides is 1. The van der Waals surface area contributed by atoms with E-state index in [0.717, 1.165) is 30.4 Å². The Bertz CT molecular complexity index is 1250. The van der Waals surface area contributed by atoms with Crippen molar-refractivity contribution < 1.29 is 17.9 Å². The molecule has 2 aliphatic heterocycles. The summed E-state index contributed by atoms with van der Waals surface area (Å²) in [6.45, 7) is 5.74. The number of hydrogen-bond acceptors (Lipinski definition) is 5. The van der Waals surface area contributed by atoms with Crippen molar-refractivity contribution in [3.8, 4) is 0 Å². The molecule has 6 nitrogen and oxygen atoms in total. The number of ether oxygens (including phenoxy) is 1. The minimum atomic E-state index is -3.72. The lowest BCUT2D eigenvalue weighted by Crippen LogP contribution is -2.56. The van der Waals surface area contributed by atoms with Gasteiger partial charge in [0.25, 0.3) is 0 Å². The van der Waals surface area contributed by atoms with Crippen LogP contribution in [0.25, 0.3) is 0 Å². The Kier molecular flexibility index (Phi) is 5.63. The molecule has 36 heavy (non-hydrogen) atoms. The maximum Gasteiger partial charge on any atom is 0.246 e. The van der Waals surface area contributed by atoms with Crippen molar-refractivity contribution in [2.45, 2.75) is 58.3 Å². The molecule has 2 aromatic rings. The Morgan fingerprint density at radius 2 is 1.72 bits per heavy atom. The molecular weight excluding hydrogens is 472 g/mol. The second-order valence-electron chi connectivity index (χ2n) is 12.0. The summed E-state index contributed by atoms with van der Waals surface area (Å²) in [6, 6.07) is 19.6. The molecular formula is C29H36N2O4S. The van der Waals surface area contributed by atoms with E-state index in [-0.39, 0.29) is 28.5 Å². The normalized spacial score (nSPS) is 35.7. The molecule has 2 bridgehead atoms. The van der Waals surface area contributed by atoms with Gasteiger partial charge in [0, 0.05) is 18.5 Å². The van der Waals surface area contributed by atoms with Crippen LogP contribution in [0, 0.1) is 22.2 Å². The first-order valence-electron chi connectivity index (χ1n) is 13.2. The van der Waals surface area contributed by atoms with Gasteiger partial charge >= 0.3 is 0 Å². The summed E-state index contributed by atoms with van der Waals surface area (Å²) >= 11 is 0. The number of nitrogens with zero attached hydrogens (tertiary/aromatic N) is 1. The zero-order valence-electron chi connectivity index (χ0n) is 21.2. The lowest BCUT2D eigenvalue weighted by atomic mass is 9.68. The fraction of sp³-hybridized carbons (Fsp3) is 0.552. The number of fused-ring (bicyclic) bond motifs is 1. The van der Waals surface area contributed by atoms with Gasteiger partial charge in [-0.15, -0.1) is 0 Å². The van der Waals surface area contributed by atoms with Gasteiger partial charge in [0.1, 0.15) is 0 Å². The van der Waals surface area contributed by atoms with Crippen molar-refractivity contribution in [2.75, 3.05) is 18.8 Å². The van der Waals surface area contributed by atoms with Crippen molar-refractivity contribution in [1.82, 2.24) is 9.62 Å². The summed E-state index contributed by atoms with van der Waals surface area (Å²) < 4.78 is 35.3. The monoisotopic (exact) mass is 508 g/mol. The van der Waals surface area contributed by atoms with E-state index in [0.29, 0.717) is 32.0 Å². The van der Waals surface area contributed by atoms with E-state index in [4.69, 9.17) is 4.74 Å². The molecule has 2 heterocycles. The zero-order valence-corrected chi connectivity index (χ0v) is 22.0. The predicted octanol–water partition coefficient (Wildman–Crippen LogP) is 3.77. The minimum absolute atomic E-state index is 0.0799. The Balaban J connectivity index is 1.38. The molecule has 4 fully saturated rings. The van der Waals surface area contributed by atoms with Crippen LogP contribution in [-0.2, 0) is 32.6 Å². The number of sulfonamides is 1. The van der Waals surface area contributed by atoms with Gasteiger partial charge in [0.2, 0.25) is 15.9 Å². The van der Waals surface area contributed by atoms with Crippen molar-refractivity contribution in [1.29, 1.82) is 0 Å². The van der Waals surface area contributed by atoms with Gasteiger partial charge in [-0.3, -0.25) is 4.79 Å². The molecule has 3 unspecified atom stereocenters. The molecule has 2 saturated carbocycles. The quantitative estimate of drug-likeness (QED) is 0.643. The average molecular weight is 509 g/mol. The average Bonchev–Trinajstić information content (AvgIpc) is 3.51. The van der Waals surface area contributed by atoms with Crippen LogP contribution in [0.4, 0.5) is 0 Å². The van der Waals surface area contributed by atoms with Gasteiger partial charge < -0.3 is 10.1 Å². The summed E-state index contributed by atoms with van der Waals surface area (Å²) in [5.41, 5.74) is 0.645. The maximum atomic E-state index is 14.7. The van der Waals surface area contributed by atoms with E-state index < -0.39 is 21.5 Å². The topological polar surface area (TPSA) is 75.7 Å². The standard InChI is InChI=1S/C29H36N2O4S/c1-27(2)23-13-14-29(27)20-36(33,34)31(24(29)15-23)26(32)28(16-21-9-5-3-6-10-21)19-30-17-25(28)35-18-22-11-7-4-8-12-22/h3-12,23-25,30H,13-20H2,1-2H3/t23?,24?,25-,28-,29?/m0/s1. The summed E-state index contributed by atoms with van der Waals surface area (Å²) in [6.07, 6.45) is 2.74. The molecule has 5 atom stereocenters. The first-order valence-corrected chi connectivity index (χ1v) is 14.8. The highest BCUT2D eigenvalue weighted by Gasteiger charge is 2.73. The maximum absolute atomic E-state index is 14.7. The third-order valence-electron chi connectivity index (χ3n) is 10.1. The number of rotatable bonds is 6. The van der Waals surface area contributed by atoms with Gasteiger partial charge in [-0.1, -0.05) is 74.5 Å². The van der Waals surface area contributed by atoms with Crippen LogP contribution in [-0.4, -0.2) is 49.6 Å². The summed E-state index contributed by atoms with van der Waals surface area (Å²) in [7, 11) is -3.72. The summed E-state index contributed by atoms with van der Waals surface area (Å²) in [5, 5.41) is 3.39. The van der Waals surface area contributed by atoms with E-state index in [1.807, 2.05) is 60.7 Å². The van der Waals surface area contributed by atoms with Crippen LogP contribution >= 0.6 is 0 Å². The highest BCUT2D eigenvalue weighted by Crippen LogP contribution is 2.70. The Hall–Kier alpha value is -2.22. The number of benzene rings is 2. The SMILES string of the molecule is CC1(C)C2CCC13CS(=O)(=O)N(C(=O)[C@@]1(Cc4ccccc4)CNC[C@@H]1OCc1ccccc1)C3C2. The fourth-order valence-electron chi connectivity index (χ4n) is 7.93. The third-order valence-corrected chi connectivity index (χ3v) is 12.0. The molecule has 192 valence electrons. The largest absolute Gasteiger partial charge is 0.371 e. The molecule has 2 saturated heterocycles. The van der Waals surface area contributed by atoms with Crippen molar-refractivity contribution in [3.63, 3.8) is 0 Å². The smallest absolute Gasteiger partial charge is 0.246 e. The first kappa shape index (κ1) is 24.1. The third kappa shape index (κ3) is 3.42. The number of nitrogens with one attached hydrogen (secondary N) is 1. The Labute approximate surface area is 214 Å². The summed E-state index contributed by atoms with van der Waals surface area (Å²) in [5.74, 6) is 0.273. The molecule has 1 amide bonds. The molecule has 1 N–H and O–H groups in total. The molecule has 4 aliphatic rings. The molecule has 7 heteroatoms. The van der Waals surface area contributed by atoms with Crippen LogP contribution < -0.4 is 5.32 Å².